The number of urea groups is 1. The van der Waals surface area contributed by atoms with E-state index in [4.69, 9.17) is 14.6 Å². The van der Waals surface area contributed by atoms with Crippen LogP contribution < -0.4 is 14.8 Å². The van der Waals surface area contributed by atoms with E-state index >= 15 is 0 Å². The maximum absolute atomic E-state index is 12.3. The number of nitrogens with one attached hydrogen (secondary N) is 1. The second-order valence-electron chi connectivity index (χ2n) is 6.08. The number of rotatable bonds is 8. The fourth-order valence-corrected chi connectivity index (χ4v) is 2.94. The number of methoxy groups -OCH3 is 2. The topological polar surface area (TPSA) is 88.1 Å². The Bertz CT molecular complexity index is 618. The molecule has 0 fully saturated rings. The van der Waals surface area contributed by atoms with Crippen LogP contribution in [0.15, 0.2) is 12.1 Å². The average molecular weight is 350 g/mol. The molecule has 25 heavy (non-hydrogen) atoms. The van der Waals surface area contributed by atoms with Gasteiger partial charge in [0.2, 0.25) is 0 Å². The molecule has 0 radical (unpaired) electrons. The van der Waals surface area contributed by atoms with Crippen molar-refractivity contribution in [2.75, 3.05) is 27.3 Å². The van der Waals surface area contributed by atoms with Crippen molar-refractivity contribution in [1.82, 2.24) is 10.2 Å². The number of hydrogen-bond donors (Lipinski definition) is 2. The first kappa shape index (κ1) is 18.9. The number of benzene rings is 1. The van der Waals surface area contributed by atoms with Crippen molar-refractivity contribution in [2.24, 2.45) is 0 Å². The number of carboxylic acids is 1. The summed E-state index contributed by atoms with van der Waals surface area (Å²) in [7, 11) is 3.21. The molecule has 2 N–H and O–H groups in total. The number of carbonyl (C=O) groups excluding carboxylic acids is 1. The molecule has 7 nitrogen and oxygen atoms in total. The van der Waals surface area contributed by atoms with Crippen LogP contribution in [-0.2, 0) is 17.8 Å². The van der Waals surface area contributed by atoms with Gasteiger partial charge in [-0.05, 0) is 42.5 Å². The van der Waals surface area contributed by atoms with Crippen LogP contribution in [0.1, 0.15) is 36.8 Å². The zero-order valence-corrected chi connectivity index (χ0v) is 14.8. The predicted molar refractivity (Wildman–Crippen MR) is 93.2 cm³/mol. The normalized spacial score (nSPS) is 13.1. The Hall–Kier alpha value is -2.44. The number of carbonyl (C=O) groups is 2. The molecule has 0 saturated heterocycles. The Balaban J connectivity index is 1.83. The maximum Gasteiger partial charge on any atom is 0.317 e. The van der Waals surface area contributed by atoms with Gasteiger partial charge in [0.1, 0.15) is 0 Å². The number of carboxylic acid groups (broad SMARTS) is 1. The Morgan fingerprint density at radius 2 is 1.80 bits per heavy atom. The lowest BCUT2D eigenvalue weighted by Crippen LogP contribution is -2.43. The van der Waals surface area contributed by atoms with Gasteiger partial charge in [-0.3, -0.25) is 4.79 Å². The molecule has 1 aliphatic rings. The number of nitrogens with zero attached hydrogens (tertiary/aromatic N) is 1. The van der Waals surface area contributed by atoms with E-state index in [1.165, 1.54) is 5.56 Å². The van der Waals surface area contributed by atoms with Crippen molar-refractivity contribution >= 4 is 12.0 Å². The molecule has 0 bridgehead atoms. The molecule has 1 aliphatic heterocycles. The highest BCUT2D eigenvalue weighted by Gasteiger charge is 2.22. The zero-order valence-electron chi connectivity index (χ0n) is 14.8. The van der Waals surface area contributed by atoms with Crippen LogP contribution in [0.2, 0.25) is 0 Å². The lowest BCUT2D eigenvalue weighted by molar-refractivity contribution is -0.137. The van der Waals surface area contributed by atoms with Crippen molar-refractivity contribution in [1.29, 1.82) is 0 Å². The number of hydrogen-bond acceptors (Lipinski definition) is 4. The highest BCUT2D eigenvalue weighted by molar-refractivity contribution is 5.74. The SMILES string of the molecule is COc1cc2c(cc1OC)CN(C(=O)NCCCCCC(=O)O)CC2. The van der Waals surface area contributed by atoms with Crippen molar-refractivity contribution in [3.05, 3.63) is 23.3 Å². The highest BCUT2D eigenvalue weighted by atomic mass is 16.5. The van der Waals surface area contributed by atoms with E-state index in [1.54, 1.807) is 19.1 Å². The Morgan fingerprint density at radius 3 is 2.44 bits per heavy atom. The van der Waals surface area contributed by atoms with Crippen LogP contribution in [-0.4, -0.2) is 49.3 Å². The first-order valence-corrected chi connectivity index (χ1v) is 8.53. The van der Waals surface area contributed by atoms with Gasteiger partial charge in [0.05, 0.1) is 14.2 Å². The summed E-state index contributed by atoms with van der Waals surface area (Å²) in [6, 6.07) is 3.82. The van der Waals surface area contributed by atoms with E-state index in [0.717, 1.165) is 24.8 Å². The van der Waals surface area contributed by atoms with Gasteiger partial charge in [0.15, 0.2) is 11.5 Å². The predicted octanol–water partition coefficient (Wildman–Crippen LogP) is 2.42. The molecular formula is C18H26N2O5. The number of ether oxygens (including phenoxy) is 2. The minimum absolute atomic E-state index is 0.0846. The minimum Gasteiger partial charge on any atom is -0.493 e. The number of aliphatic carboxylic acids is 1. The molecule has 2 rings (SSSR count). The second kappa shape index (κ2) is 9.15. The molecule has 1 aromatic rings. The maximum atomic E-state index is 12.3. The molecule has 0 saturated carbocycles. The van der Waals surface area contributed by atoms with Crippen LogP contribution in [0.25, 0.3) is 0 Å². The third-order valence-electron chi connectivity index (χ3n) is 4.35. The van der Waals surface area contributed by atoms with Crippen molar-refractivity contribution < 1.29 is 24.2 Å². The van der Waals surface area contributed by atoms with Gasteiger partial charge in [-0.25, -0.2) is 4.79 Å². The van der Waals surface area contributed by atoms with Gasteiger partial charge >= 0.3 is 12.0 Å². The smallest absolute Gasteiger partial charge is 0.317 e. The molecular weight excluding hydrogens is 324 g/mol. The zero-order chi connectivity index (χ0) is 18.2. The van der Waals surface area contributed by atoms with E-state index in [2.05, 4.69) is 5.32 Å². The van der Waals surface area contributed by atoms with Gasteiger partial charge in [-0.1, -0.05) is 6.42 Å². The van der Waals surface area contributed by atoms with Crippen LogP contribution in [0.3, 0.4) is 0 Å². The molecule has 0 atom stereocenters. The van der Waals surface area contributed by atoms with E-state index in [1.807, 2.05) is 12.1 Å². The van der Waals surface area contributed by atoms with E-state index in [-0.39, 0.29) is 12.5 Å². The summed E-state index contributed by atoms with van der Waals surface area (Å²) in [5.74, 6) is 0.602. The molecule has 2 amide bonds. The molecule has 1 aromatic carbocycles. The highest BCUT2D eigenvalue weighted by Crippen LogP contribution is 2.33. The van der Waals surface area contributed by atoms with Crippen LogP contribution in [0, 0.1) is 0 Å². The summed E-state index contributed by atoms with van der Waals surface area (Å²) < 4.78 is 10.7. The summed E-state index contributed by atoms with van der Waals surface area (Å²) in [5.41, 5.74) is 2.25. The van der Waals surface area contributed by atoms with E-state index in [0.29, 0.717) is 37.6 Å². The second-order valence-corrected chi connectivity index (χ2v) is 6.08. The van der Waals surface area contributed by atoms with E-state index < -0.39 is 5.97 Å². The van der Waals surface area contributed by atoms with Gasteiger partial charge in [0, 0.05) is 26.1 Å². The quantitative estimate of drug-likeness (QED) is 0.703. The van der Waals surface area contributed by atoms with Gasteiger partial charge in [-0.2, -0.15) is 0 Å². The van der Waals surface area contributed by atoms with Crippen molar-refractivity contribution in [3.63, 3.8) is 0 Å². The number of unbranched alkanes of at least 4 members (excludes halogenated alkanes) is 2. The summed E-state index contributed by atoms with van der Waals surface area (Å²) in [5, 5.41) is 11.5. The van der Waals surface area contributed by atoms with Crippen molar-refractivity contribution in [2.45, 2.75) is 38.6 Å². The standard InChI is InChI=1S/C18H26N2O5/c1-24-15-10-13-7-9-20(12-14(13)11-16(15)25-2)18(23)19-8-5-3-4-6-17(21)22/h10-11H,3-9,12H2,1-2H3,(H,19,23)(H,21,22). The Morgan fingerprint density at radius 1 is 1.12 bits per heavy atom. The summed E-state index contributed by atoms with van der Waals surface area (Å²) >= 11 is 0. The van der Waals surface area contributed by atoms with E-state index in [9.17, 15) is 9.59 Å². The minimum atomic E-state index is -0.775. The van der Waals surface area contributed by atoms with Gasteiger partial charge in [-0.15, -0.1) is 0 Å². The first-order valence-electron chi connectivity index (χ1n) is 8.53. The molecule has 1 heterocycles. The Labute approximate surface area is 147 Å². The fourth-order valence-electron chi connectivity index (χ4n) is 2.94. The summed E-state index contributed by atoms with van der Waals surface area (Å²) in [6.07, 6.45) is 3.19. The third-order valence-corrected chi connectivity index (χ3v) is 4.35. The molecule has 0 unspecified atom stereocenters. The lowest BCUT2D eigenvalue weighted by Gasteiger charge is -2.29. The number of fused-ring (bicyclic) bond motifs is 1. The van der Waals surface area contributed by atoms with Crippen LogP contribution >= 0.6 is 0 Å². The first-order chi connectivity index (χ1) is 12.0. The van der Waals surface area contributed by atoms with Crippen LogP contribution in [0.4, 0.5) is 4.79 Å². The third kappa shape index (κ3) is 5.27. The molecule has 0 aliphatic carbocycles. The molecule has 7 heteroatoms. The monoisotopic (exact) mass is 350 g/mol. The largest absolute Gasteiger partial charge is 0.493 e. The molecule has 0 spiro atoms. The fraction of sp³-hybridized carbons (Fsp3) is 0.556. The summed E-state index contributed by atoms with van der Waals surface area (Å²) in [4.78, 5) is 24.5. The van der Waals surface area contributed by atoms with Crippen LogP contribution in [0.5, 0.6) is 11.5 Å². The number of amides is 2. The Kier molecular flexibility index (Phi) is 6.91. The van der Waals surface area contributed by atoms with Gasteiger partial charge in [0.25, 0.3) is 0 Å². The molecule has 0 aromatic heterocycles. The average Bonchev–Trinajstić information content (AvgIpc) is 2.62. The summed E-state index contributed by atoms with van der Waals surface area (Å²) in [6.45, 7) is 1.77. The lowest BCUT2D eigenvalue weighted by atomic mass is 9.99. The van der Waals surface area contributed by atoms with Crippen molar-refractivity contribution in [3.8, 4) is 11.5 Å². The molecule has 138 valence electrons. The van der Waals surface area contributed by atoms with Gasteiger partial charge < -0.3 is 24.8 Å².